The number of rotatable bonds is 7. The molecule has 9 nitrogen and oxygen atoms in total. The first-order valence-corrected chi connectivity index (χ1v) is 11.7. The smallest absolute Gasteiger partial charge is 0.320 e. The van der Waals surface area contributed by atoms with Crippen molar-refractivity contribution in [1.82, 2.24) is 25.9 Å². The maximum absolute atomic E-state index is 11.5. The molecule has 2 aromatic carbocycles. The molecule has 0 unspecified atom stereocenters. The lowest BCUT2D eigenvalue weighted by atomic mass is 9.72. The van der Waals surface area contributed by atoms with Crippen LogP contribution in [0.5, 0.6) is 11.5 Å². The largest absolute Gasteiger partial charge is 0.489 e. The van der Waals surface area contributed by atoms with E-state index in [2.05, 4.69) is 25.9 Å². The van der Waals surface area contributed by atoms with Crippen molar-refractivity contribution in [1.29, 1.82) is 0 Å². The molecular formula is C25H29N5O4. The number of hydrogen-bond donors (Lipinski definition) is 3. The molecule has 2 heterocycles. The van der Waals surface area contributed by atoms with Crippen molar-refractivity contribution in [3.05, 3.63) is 53.6 Å². The third-order valence-corrected chi connectivity index (χ3v) is 6.94. The number of hydrogen-bond acceptors (Lipinski definition) is 7. The van der Waals surface area contributed by atoms with Crippen molar-refractivity contribution in [2.45, 2.75) is 51.4 Å². The number of carboxylic acids is 1. The van der Waals surface area contributed by atoms with Gasteiger partial charge in [-0.3, -0.25) is 4.79 Å². The maximum Gasteiger partial charge on any atom is 0.320 e. The lowest BCUT2D eigenvalue weighted by Crippen LogP contribution is -2.50. The van der Waals surface area contributed by atoms with Gasteiger partial charge in [0.1, 0.15) is 24.1 Å². The van der Waals surface area contributed by atoms with Crippen molar-refractivity contribution in [2.24, 2.45) is 11.8 Å². The second-order valence-corrected chi connectivity index (χ2v) is 9.23. The molecule has 1 aliphatic carbocycles. The van der Waals surface area contributed by atoms with E-state index in [4.69, 9.17) is 9.47 Å². The number of aryl methyl sites for hydroxylation is 1. The minimum atomic E-state index is -0.778. The van der Waals surface area contributed by atoms with Crippen LogP contribution in [-0.2, 0) is 11.4 Å². The summed E-state index contributed by atoms with van der Waals surface area (Å²) in [5.41, 5.74) is 2.81. The number of fused-ring (bicyclic) bond motifs is 1. The number of aliphatic carboxylic acids is 1. The van der Waals surface area contributed by atoms with Gasteiger partial charge in [0.25, 0.3) is 0 Å². The van der Waals surface area contributed by atoms with Crippen molar-refractivity contribution in [3.63, 3.8) is 0 Å². The first-order valence-electron chi connectivity index (χ1n) is 11.7. The average molecular weight is 464 g/mol. The topological polar surface area (TPSA) is 122 Å². The number of piperidine rings is 1. The molecule has 34 heavy (non-hydrogen) atoms. The molecule has 5 rings (SSSR count). The number of benzene rings is 2. The van der Waals surface area contributed by atoms with E-state index in [9.17, 15) is 9.90 Å². The van der Waals surface area contributed by atoms with E-state index in [0.29, 0.717) is 42.2 Å². The summed E-state index contributed by atoms with van der Waals surface area (Å²) in [6.45, 7) is 3.19. The molecule has 0 amide bonds. The van der Waals surface area contributed by atoms with Gasteiger partial charge < -0.3 is 19.9 Å². The van der Waals surface area contributed by atoms with E-state index in [1.807, 2.05) is 49.4 Å². The van der Waals surface area contributed by atoms with E-state index >= 15 is 0 Å². The Balaban J connectivity index is 1.36. The Morgan fingerprint density at radius 2 is 2.00 bits per heavy atom. The van der Waals surface area contributed by atoms with Gasteiger partial charge in [-0.05, 0) is 73.4 Å². The minimum absolute atomic E-state index is 0.0109. The highest BCUT2D eigenvalue weighted by Crippen LogP contribution is 2.41. The van der Waals surface area contributed by atoms with Crippen molar-refractivity contribution < 1.29 is 19.4 Å². The normalized spacial score (nSPS) is 24.3. The van der Waals surface area contributed by atoms with Crippen molar-refractivity contribution in [2.75, 3.05) is 6.54 Å². The summed E-state index contributed by atoms with van der Waals surface area (Å²) in [5, 5.41) is 27.2. The molecule has 4 atom stereocenters. The zero-order valence-corrected chi connectivity index (χ0v) is 19.1. The number of tetrazole rings is 1. The molecule has 1 saturated heterocycles. The van der Waals surface area contributed by atoms with E-state index in [1.165, 1.54) is 0 Å². The summed E-state index contributed by atoms with van der Waals surface area (Å²) in [5.74, 6) is 1.90. The number of nitrogens with zero attached hydrogens (tertiary/aromatic N) is 3. The lowest BCUT2D eigenvalue weighted by molar-refractivity contribution is -0.141. The Hall–Kier alpha value is -3.46. The number of H-pyrrole nitrogens is 1. The minimum Gasteiger partial charge on any atom is -0.489 e. The van der Waals surface area contributed by atoms with Crippen LogP contribution in [0.2, 0.25) is 0 Å². The second-order valence-electron chi connectivity index (χ2n) is 9.23. The Kier molecular flexibility index (Phi) is 6.44. The van der Waals surface area contributed by atoms with Crippen LogP contribution in [0.25, 0.3) is 11.4 Å². The standard InChI is InChI=1S/C25H29N5O4/c1-15-9-20(33-14-16-5-3-2-4-6-16)12-22(23(15)24-27-29-30-28-24)34-19-8-7-17-13-26-21(25(31)32)11-18(17)10-19/h2-6,9,12,17-19,21,26H,7-8,10-11,13-14H2,1H3,(H,31,32)(H,27,28,29,30)/t17-,18+,19-,21-/m0/s1. The van der Waals surface area contributed by atoms with E-state index in [-0.39, 0.29) is 6.10 Å². The van der Waals surface area contributed by atoms with Crippen molar-refractivity contribution >= 4 is 5.97 Å². The fourth-order valence-corrected chi connectivity index (χ4v) is 5.19. The molecule has 3 aromatic rings. The zero-order chi connectivity index (χ0) is 23.5. The maximum atomic E-state index is 11.5. The molecule has 1 saturated carbocycles. The van der Waals surface area contributed by atoms with Gasteiger partial charge in [-0.25, -0.2) is 0 Å². The molecule has 9 heteroatoms. The van der Waals surface area contributed by atoms with Crippen LogP contribution in [0.3, 0.4) is 0 Å². The van der Waals surface area contributed by atoms with Crippen molar-refractivity contribution in [3.8, 4) is 22.9 Å². The fourth-order valence-electron chi connectivity index (χ4n) is 5.19. The fraction of sp³-hybridized carbons (Fsp3) is 0.440. The number of nitrogens with one attached hydrogen (secondary N) is 2. The van der Waals surface area contributed by atoms with Crippen LogP contribution in [0.1, 0.15) is 36.8 Å². The predicted molar refractivity (Wildman–Crippen MR) is 124 cm³/mol. The highest BCUT2D eigenvalue weighted by molar-refractivity contribution is 5.73. The molecular weight excluding hydrogens is 434 g/mol. The Labute approximate surface area is 197 Å². The summed E-state index contributed by atoms with van der Waals surface area (Å²) in [6, 6.07) is 13.4. The molecule has 2 fully saturated rings. The first-order chi connectivity index (χ1) is 16.6. The Morgan fingerprint density at radius 1 is 1.15 bits per heavy atom. The van der Waals surface area contributed by atoms with Gasteiger partial charge in [0.15, 0.2) is 0 Å². The number of aromatic amines is 1. The molecule has 0 spiro atoms. The summed E-state index contributed by atoms with van der Waals surface area (Å²) < 4.78 is 12.6. The van der Waals surface area contributed by atoms with E-state index in [0.717, 1.165) is 42.5 Å². The molecule has 2 aliphatic rings. The highest BCUT2D eigenvalue weighted by atomic mass is 16.5. The van der Waals surface area contributed by atoms with E-state index in [1.54, 1.807) is 0 Å². The zero-order valence-electron chi connectivity index (χ0n) is 19.1. The van der Waals surface area contributed by atoms with Crippen LogP contribution >= 0.6 is 0 Å². The van der Waals surface area contributed by atoms with Crippen LogP contribution in [0.15, 0.2) is 42.5 Å². The van der Waals surface area contributed by atoms with E-state index < -0.39 is 12.0 Å². The lowest BCUT2D eigenvalue weighted by Gasteiger charge is -2.41. The van der Waals surface area contributed by atoms with Gasteiger partial charge in [0, 0.05) is 6.07 Å². The Morgan fingerprint density at radius 3 is 2.76 bits per heavy atom. The third kappa shape index (κ3) is 4.89. The first kappa shape index (κ1) is 22.3. The van der Waals surface area contributed by atoms with Gasteiger partial charge in [-0.15, -0.1) is 10.2 Å². The summed E-state index contributed by atoms with van der Waals surface area (Å²) in [4.78, 5) is 11.5. The Bertz CT molecular complexity index is 1120. The third-order valence-electron chi connectivity index (χ3n) is 6.94. The summed E-state index contributed by atoms with van der Waals surface area (Å²) in [7, 11) is 0. The van der Waals surface area contributed by atoms with Gasteiger partial charge in [0.2, 0.25) is 5.82 Å². The van der Waals surface area contributed by atoms with Crippen LogP contribution in [-0.4, -0.2) is 50.4 Å². The molecule has 3 N–H and O–H groups in total. The average Bonchev–Trinajstić information content (AvgIpc) is 3.37. The van der Waals surface area contributed by atoms with Gasteiger partial charge >= 0.3 is 5.97 Å². The predicted octanol–water partition coefficient (Wildman–Crippen LogP) is 3.36. The monoisotopic (exact) mass is 463 g/mol. The summed E-state index contributed by atoms with van der Waals surface area (Å²) in [6.07, 6.45) is 3.38. The summed E-state index contributed by atoms with van der Waals surface area (Å²) >= 11 is 0. The quantitative estimate of drug-likeness (QED) is 0.488. The molecule has 0 bridgehead atoms. The van der Waals surface area contributed by atoms with Gasteiger partial charge in [0.05, 0.1) is 11.7 Å². The second kappa shape index (κ2) is 9.80. The number of carboxylic acid groups (broad SMARTS) is 1. The molecule has 1 aromatic heterocycles. The van der Waals surface area contributed by atoms with Crippen LogP contribution in [0, 0.1) is 18.8 Å². The molecule has 1 aliphatic heterocycles. The van der Waals surface area contributed by atoms with Crippen LogP contribution < -0.4 is 14.8 Å². The van der Waals surface area contributed by atoms with Gasteiger partial charge in [-0.2, -0.15) is 5.21 Å². The number of ether oxygens (including phenoxy) is 2. The number of carbonyl (C=O) groups is 1. The highest BCUT2D eigenvalue weighted by Gasteiger charge is 2.38. The van der Waals surface area contributed by atoms with Gasteiger partial charge in [-0.1, -0.05) is 30.3 Å². The molecule has 0 radical (unpaired) electrons. The molecule has 178 valence electrons. The van der Waals surface area contributed by atoms with Crippen LogP contribution in [0.4, 0.5) is 0 Å². The number of aromatic nitrogens is 4. The SMILES string of the molecule is Cc1cc(OCc2ccccc2)cc(O[C@H]2CC[C@H]3CN[C@H](C(=O)O)C[C@H]3C2)c1-c1nn[nH]n1.